The SMILES string of the molecule is O[C@H](c1ccc(Cl)cc1)C1CCCC1. The Morgan fingerprint density at radius 1 is 1.14 bits per heavy atom. The molecule has 0 aromatic heterocycles. The first-order chi connectivity index (χ1) is 6.77. The van der Waals surface area contributed by atoms with Crippen LogP contribution in [-0.4, -0.2) is 5.11 Å². The van der Waals surface area contributed by atoms with Crippen LogP contribution in [0.3, 0.4) is 0 Å². The van der Waals surface area contributed by atoms with Crippen molar-refractivity contribution in [3.05, 3.63) is 34.9 Å². The van der Waals surface area contributed by atoms with Crippen LogP contribution >= 0.6 is 11.6 Å². The quantitative estimate of drug-likeness (QED) is 0.792. The molecule has 1 aromatic rings. The Balaban J connectivity index is 2.09. The Morgan fingerprint density at radius 3 is 2.29 bits per heavy atom. The lowest BCUT2D eigenvalue weighted by Gasteiger charge is -2.17. The van der Waals surface area contributed by atoms with Crippen LogP contribution in [0.2, 0.25) is 5.02 Å². The summed E-state index contributed by atoms with van der Waals surface area (Å²) in [6.45, 7) is 0. The van der Waals surface area contributed by atoms with Gasteiger partial charge in [0.25, 0.3) is 0 Å². The fourth-order valence-electron chi connectivity index (χ4n) is 2.21. The van der Waals surface area contributed by atoms with Crippen LogP contribution in [0.5, 0.6) is 0 Å². The van der Waals surface area contributed by atoms with Crippen molar-refractivity contribution in [2.45, 2.75) is 31.8 Å². The van der Waals surface area contributed by atoms with E-state index in [1.807, 2.05) is 24.3 Å². The van der Waals surface area contributed by atoms with Crippen molar-refractivity contribution in [1.82, 2.24) is 0 Å². The highest BCUT2D eigenvalue weighted by molar-refractivity contribution is 6.30. The lowest BCUT2D eigenvalue weighted by Crippen LogP contribution is -2.08. The Morgan fingerprint density at radius 2 is 1.71 bits per heavy atom. The van der Waals surface area contributed by atoms with E-state index in [2.05, 4.69) is 0 Å². The van der Waals surface area contributed by atoms with Crippen molar-refractivity contribution in [3.8, 4) is 0 Å². The van der Waals surface area contributed by atoms with E-state index in [0.717, 1.165) is 23.4 Å². The summed E-state index contributed by atoms with van der Waals surface area (Å²) in [6, 6.07) is 7.53. The number of aliphatic hydroxyl groups excluding tert-OH is 1. The molecule has 2 rings (SSSR count). The van der Waals surface area contributed by atoms with E-state index in [1.165, 1.54) is 12.8 Å². The van der Waals surface area contributed by atoms with E-state index in [0.29, 0.717) is 5.92 Å². The lowest BCUT2D eigenvalue weighted by atomic mass is 9.95. The minimum Gasteiger partial charge on any atom is -0.388 e. The molecule has 1 atom stereocenters. The molecule has 14 heavy (non-hydrogen) atoms. The van der Waals surface area contributed by atoms with Crippen molar-refractivity contribution >= 4 is 11.6 Å². The topological polar surface area (TPSA) is 20.2 Å². The van der Waals surface area contributed by atoms with Crippen LogP contribution in [0.25, 0.3) is 0 Å². The van der Waals surface area contributed by atoms with Gasteiger partial charge in [-0.25, -0.2) is 0 Å². The number of rotatable bonds is 2. The molecule has 0 spiro atoms. The summed E-state index contributed by atoms with van der Waals surface area (Å²) in [4.78, 5) is 0. The third kappa shape index (κ3) is 2.10. The van der Waals surface area contributed by atoms with E-state index >= 15 is 0 Å². The minimum atomic E-state index is -0.297. The number of benzene rings is 1. The third-order valence-electron chi connectivity index (χ3n) is 3.06. The molecule has 0 amide bonds. The molecule has 1 aliphatic rings. The van der Waals surface area contributed by atoms with Gasteiger partial charge < -0.3 is 5.11 Å². The van der Waals surface area contributed by atoms with Gasteiger partial charge in [-0.3, -0.25) is 0 Å². The predicted molar refractivity (Wildman–Crippen MR) is 58.4 cm³/mol. The van der Waals surface area contributed by atoms with Gasteiger partial charge in [0.1, 0.15) is 0 Å². The molecular weight excluding hydrogens is 196 g/mol. The summed E-state index contributed by atoms with van der Waals surface area (Å²) in [5.41, 5.74) is 1.00. The van der Waals surface area contributed by atoms with E-state index in [-0.39, 0.29) is 6.10 Å². The average molecular weight is 211 g/mol. The normalized spacial score (nSPS) is 19.9. The minimum absolute atomic E-state index is 0.297. The van der Waals surface area contributed by atoms with Crippen molar-refractivity contribution in [1.29, 1.82) is 0 Å². The smallest absolute Gasteiger partial charge is 0.0818 e. The first-order valence-corrected chi connectivity index (χ1v) is 5.59. The molecule has 1 fully saturated rings. The third-order valence-corrected chi connectivity index (χ3v) is 3.31. The van der Waals surface area contributed by atoms with Crippen molar-refractivity contribution in [2.75, 3.05) is 0 Å². The molecule has 1 aromatic carbocycles. The van der Waals surface area contributed by atoms with Crippen molar-refractivity contribution in [3.63, 3.8) is 0 Å². The summed E-state index contributed by atoms with van der Waals surface area (Å²) in [5, 5.41) is 10.8. The number of halogens is 1. The Labute approximate surface area is 89.7 Å². The van der Waals surface area contributed by atoms with Gasteiger partial charge in [-0.15, -0.1) is 0 Å². The van der Waals surface area contributed by atoms with Crippen molar-refractivity contribution < 1.29 is 5.11 Å². The maximum atomic E-state index is 10.1. The fraction of sp³-hybridized carbons (Fsp3) is 0.500. The zero-order valence-corrected chi connectivity index (χ0v) is 8.87. The van der Waals surface area contributed by atoms with Gasteiger partial charge in [0.15, 0.2) is 0 Å². The maximum Gasteiger partial charge on any atom is 0.0818 e. The molecule has 0 saturated heterocycles. The maximum absolute atomic E-state index is 10.1. The molecule has 0 radical (unpaired) electrons. The van der Waals surface area contributed by atoms with Crippen molar-refractivity contribution in [2.24, 2.45) is 5.92 Å². The van der Waals surface area contributed by atoms with E-state index < -0.39 is 0 Å². The van der Waals surface area contributed by atoms with Crippen LogP contribution in [0.1, 0.15) is 37.4 Å². The van der Waals surface area contributed by atoms with E-state index in [9.17, 15) is 5.11 Å². The van der Waals surface area contributed by atoms with E-state index in [1.54, 1.807) is 0 Å². The summed E-state index contributed by atoms with van der Waals surface area (Å²) < 4.78 is 0. The van der Waals surface area contributed by atoms with Crippen LogP contribution in [0.4, 0.5) is 0 Å². The van der Waals surface area contributed by atoms with Crippen LogP contribution < -0.4 is 0 Å². The zero-order valence-electron chi connectivity index (χ0n) is 8.12. The molecule has 0 unspecified atom stereocenters. The molecule has 1 aliphatic carbocycles. The zero-order chi connectivity index (χ0) is 9.97. The van der Waals surface area contributed by atoms with Gasteiger partial charge in [-0.1, -0.05) is 36.6 Å². The standard InChI is InChI=1S/C12H15ClO/c13-11-7-5-10(6-8-11)12(14)9-3-1-2-4-9/h5-9,12,14H,1-4H2/t12-/m0/s1. The Bertz CT molecular complexity index is 288. The second kappa shape index (κ2) is 4.33. The molecular formula is C12H15ClO. The second-order valence-electron chi connectivity index (χ2n) is 4.04. The van der Waals surface area contributed by atoms with Gasteiger partial charge >= 0.3 is 0 Å². The molecule has 1 nitrogen and oxygen atoms in total. The summed E-state index contributed by atoms with van der Waals surface area (Å²) >= 11 is 5.79. The highest BCUT2D eigenvalue weighted by Crippen LogP contribution is 2.35. The van der Waals surface area contributed by atoms with E-state index in [4.69, 9.17) is 11.6 Å². The van der Waals surface area contributed by atoms with Gasteiger partial charge in [0.2, 0.25) is 0 Å². The summed E-state index contributed by atoms with van der Waals surface area (Å²) in [6.07, 6.45) is 4.54. The highest BCUT2D eigenvalue weighted by Gasteiger charge is 2.24. The number of hydrogen-bond donors (Lipinski definition) is 1. The summed E-state index contributed by atoms with van der Waals surface area (Å²) in [5.74, 6) is 0.455. The second-order valence-corrected chi connectivity index (χ2v) is 4.48. The van der Waals surface area contributed by atoms with Gasteiger partial charge in [0.05, 0.1) is 6.10 Å². The average Bonchev–Trinajstić information content (AvgIpc) is 2.71. The Kier molecular flexibility index (Phi) is 3.09. The molecule has 76 valence electrons. The lowest BCUT2D eigenvalue weighted by molar-refractivity contribution is 0.111. The monoisotopic (exact) mass is 210 g/mol. The molecule has 0 aliphatic heterocycles. The number of hydrogen-bond acceptors (Lipinski definition) is 1. The van der Waals surface area contributed by atoms with Crippen LogP contribution in [0, 0.1) is 5.92 Å². The molecule has 0 heterocycles. The van der Waals surface area contributed by atoms with Gasteiger partial charge in [0, 0.05) is 5.02 Å². The van der Waals surface area contributed by atoms with Gasteiger partial charge in [-0.05, 0) is 36.5 Å². The largest absolute Gasteiger partial charge is 0.388 e. The molecule has 1 saturated carbocycles. The molecule has 0 bridgehead atoms. The number of aliphatic hydroxyl groups is 1. The predicted octanol–water partition coefficient (Wildman–Crippen LogP) is 3.56. The first-order valence-electron chi connectivity index (χ1n) is 5.21. The van der Waals surface area contributed by atoms with Crippen LogP contribution in [0.15, 0.2) is 24.3 Å². The highest BCUT2D eigenvalue weighted by atomic mass is 35.5. The Hall–Kier alpha value is -0.530. The fourth-order valence-corrected chi connectivity index (χ4v) is 2.33. The first kappa shape index (κ1) is 10.0. The van der Waals surface area contributed by atoms with Crippen LogP contribution in [-0.2, 0) is 0 Å². The van der Waals surface area contributed by atoms with Gasteiger partial charge in [-0.2, -0.15) is 0 Å². The summed E-state index contributed by atoms with van der Waals surface area (Å²) in [7, 11) is 0. The molecule has 1 N–H and O–H groups in total. The molecule has 2 heteroatoms.